The van der Waals surface area contributed by atoms with Crippen molar-refractivity contribution in [1.29, 1.82) is 0 Å². The van der Waals surface area contributed by atoms with E-state index >= 15 is 0 Å². The van der Waals surface area contributed by atoms with Crippen molar-refractivity contribution in [1.82, 2.24) is 25.3 Å². The van der Waals surface area contributed by atoms with Crippen molar-refractivity contribution in [2.45, 2.75) is 51.2 Å². The third-order valence-electron chi connectivity index (χ3n) is 4.52. The van der Waals surface area contributed by atoms with Gasteiger partial charge in [0.2, 0.25) is 0 Å². The van der Waals surface area contributed by atoms with Gasteiger partial charge in [-0.25, -0.2) is 28.5 Å². The molecule has 0 spiro atoms. The maximum absolute atomic E-state index is 13.3. The maximum Gasteiger partial charge on any atom is 0.407 e. The van der Waals surface area contributed by atoms with E-state index in [0.29, 0.717) is 22.6 Å². The highest BCUT2D eigenvalue weighted by atomic mass is 19.3. The summed E-state index contributed by atoms with van der Waals surface area (Å²) in [6.45, 7) is 5.55. The first kappa shape index (κ1) is 20.1. The lowest BCUT2D eigenvalue weighted by Gasteiger charge is -2.19. The molecule has 156 valence electrons. The summed E-state index contributed by atoms with van der Waals surface area (Å²) in [5.41, 5.74) is 1.71. The van der Waals surface area contributed by atoms with Gasteiger partial charge in [-0.1, -0.05) is 0 Å². The first-order chi connectivity index (χ1) is 14.1. The summed E-state index contributed by atoms with van der Waals surface area (Å²) in [5, 5.41) is 3.47. The highest BCUT2D eigenvalue weighted by molar-refractivity contribution is 5.80. The summed E-state index contributed by atoms with van der Waals surface area (Å²) in [7, 11) is 0. The number of amides is 1. The Labute approximate surface area is 171 Å². The molecule has 0 saturated heterocycles. The lowest BCUT2D eigenvalue weighted by atomic mass is 10.2. The first-order valence-electron chi connectivity index (χ1n) is 9.54. The second-order valence-electron chi connectivity index (χ2n) is 8.24. The number of fused-ring (bicyclic) bond motifs is 1. The van der Waals surface area contributed by atoms with Crippen LogP contribution < -0.4 is 5.32 Å². The minimum Gasteiger partial charge on any atom is -0.444 e. The third-order valence-corrected chi connectivity index (χ3v) is 4.52. The van der Waals surface area contributed by atoms with Crippen molar-refractivity contribution in [3.63, 3.8) is 0 Å². The van der Waals surface area contributed by atoms with Crippen molar-refractivity contribution < 1.29 is 18.3 Å². The van der Waals surface area contributed by atoms with Crippen molar-refractivity contribution in [2.75, 3.05) is 0 Å². The summed E-state index contributed by atoms with van der Waals surface area (Å²) < 4.78 is 31.9. The van der Waals surface area contributed by atoms with Crippen LogP contribution in [-0.2, 0) is 11.3 Å². The number of carbonyl (C=O) groups is 1. The standard InChI is InChI=1S/C21H21F2N5O2/c1-20(2,3)30-19(29)26-11-13-8-17-12(10-25-13)4-5-15(27-17)16-6-7-24-18(28-16)14-9-21(14,22)23/h4-8,10,14H,9,11H2,1-3H3,(H,26,29). The fraction of sp³-hybridized carbons (Fsp3) is 0.381. The molecule has 9 heteroatoms. The molecule has 1 saturated carbocycles. The highest BCUT2D eigenvalue weighted by Crippen LogP contribution is 2.54. The fourth-order valence-electron chi connectivity index (χ4n) is 2.95. The predicted molar refractivity (Wildman–Crippen MR) is 106 cm³/mol. The van der Waals surface area contributed by atoms with Gasteiger partial charge in [-0.05, 0) is 45.0 Å². The van der Waals surface area contributed by atoms with Crippen LogP contribution in [-0.4, -0.2) is 37.6 Å². The van der Waals surface area contributed by atoms with Crippen molar-refractivity contribution in [3.05, 3.63) is 48.2 Å². The van der Waals surface area contributed by atoms with Gasteiger partial charge in [0.25, 0.3) is 5.92 Å². The summed E-state index contributed by atoms with van der Waals surface area (Å²) >= 11 is 0. The number of halogens is 2. The van der Waals surface area contributed by atoms with Gasteiger partial charge in [-0.2, -0.15) is 0 Å². The number of nitrogens with one attached hydrogen (secondary N) is 1. The predicted octanol–water partition coefficient (Wildman–Crippen LogP) is 4.23. The normalized spacial score (nSPS) is 17.6. The Morgan fingerprint density at radius 3 is 2.63 bits per heavy atom. The molecule has 4 rings (SSSR count). The Morgan fingerprint density at radius 2 is 1.93 bits per heavy atom. The summed E-state index contributed by atoms with van der Waals surface area (Å²) in [6.07, 6.45) is 2.38. The molecule has 30 heavy (non-hydrogen) atoms. The molecular formula is C21H21F2N5O2. The van der Waals surface area contributed by atoms with E-state index in [0.717, 1.165) is 5.39 Å². The van der Waals surface area contributed by atoms with Crippen molar-refractivity contribution in [3.8, 4) is 11.4 Å². The van der Waals surface area contributed by atoms with Crippen LogP contribution in [0.25, 0.3) is 22.3 Å². The molecule has 1 fully saturated rings. The third kappa shape index (κ3) is 4.50. The van der Waals surface area contributed by atoms with Gasteiger partial charge in [0.1, 0.15) is 11.4 Å². The van der Waals surface area contributed by atoms with Crippen LogP contribution in [0.15, 0.2) is 36.7 Å². The Kier molecular flexibility index (Phi) is 4.83. The van der Waals surface area contributed by atoms with Crippen molar-refractivity contribution in [2.24, 2.45) is 0 Å². The molecule has 0 radical (unpaired) electrons. The second-order valence-corrected chi connectivity index (χ2v) is 8.24. The number of ether oxygens (including phenoxy) is 1. The number of rotatable bonds is 4. The molecule has 0 aliphatic heterocycles. The van der Waals surface area contributed by atoms with Gasteiger partial charge in [-0.3, -0.25) is 4.98 Å². The largest absolute Gasteiger partial charge is 0.444 e. The van der Waals surface area contributed by atoms with Gasteiger partial charge in [-0.15, -0.1) is 0 Å². The SMILES string of the molecule is CC(C)(C)OC(=O)NCc1cc2nc(-c3ccnc(C4CC4(F)F)n3)ccc2cn1. The number of aromatic nitrogens is 4. The quantitative estimate of drug-likeness (QED) is 0.688. The average molecular weight is 413 g/mol. The number of carbonyl (C=O) groups excluding carboxylic acids is 1. The number of hydrogen-bond donors (Lipinski definition) is 1. The molecule has 1 aliphatic rings. The zero-order chi connectivity index (χ0) is 21.5. The lowest BCUT2D eigenvalue weighted by molar-refractivity contribution is 0.0523. The molecule has 1 N–H and O–H groups in total. The minimum atomic E-state index is -2.73. The molecule has 3 aromatic rings. The van der Waals surface area contributed by atoms with E-state index in [1.54, 1.807) is 45.2 Å². The Balaban J connectivity index is 1.54. The van der Waals surface area contributed by atoms with Gasteiger partial charge in [0.05, 0.1) is 35.1 Å². The molecule has 1 aliphatic carbocycles. The van der Waals surface area contributed by atoms with Gasteiger partial charge >= 0.3 is 6.09 Å². The van der Waals surface area contributed by atoms with E-state index in [1.807, 2.05) is 6.07 Å². The number of nitrogens with zero attached hydrogens (tertiary/aromatic N) is 4. The van der Waals surface area contributed by atoms with E-state index in [2.05, 4.69) is 25.3 Å². The van der Waals surface area contributed by atoms with Crippen LogP contribution >= 0.6 is 0 Å². The van der Waals surface area contributed by atoms with Crippen LogP contribution in [0.3, 0.4) is 0 Å². The summed E-state index contributed by atoms with van der Waals surface area (Å²) in [4.78, 5) is 29.0. The Hall–Kier alpha value is -3.23. The van der Waals surface area contributed by atoms with E-state index < -0.39 is 23.5 Å². The molecule has 1 atom stereocenters. The molecule has 3 aromatic heterocycles. The highest BCUT2D eigenvalue weighted by Gasteiger charge is 2.59. The van der Waals surface area contributed by atoms with E-state index in [4.69, 9.17) is 4.74 Å². The lowest BCUT2D eigenvalue weighted by Crippen LogP contribution is -2.32. The molecule has 7 nitrogen and oxygen atoms in total. The molecule has 3 heterocycles. The molecule has 0 bridgehead atoms. The molecular weight excluding hydrogens is 392 g/mol. The Morgan fingerprint density at radius 1 is 1.20 bits per heavy atom. The van der Waals surface area contributed by atoms with Gasteiger partial charge in [0, 0.05) is 24.2 Å². The van der Waals surface area contributed by atoms with Crippen LogP contribution in [0.2, 0.25) is 0 Å². The second kappa shape index (κ2) is 7.23. The molecule has 1 unspecified atom stereocenters. The number of pyridine rings is 2. The summed E-state index contributed by atoms with van der Waals surface area (Å²) in [6, 6.07) is 7.00. The average Bonchev–Trinajstić information content (AvgIpc) is 3.33. The van der Waals surface area contributed by atoms with Crippen LogP contribution in [0.5, 0.6) is 0 Å². The van der Waals surface area contributed by atoms with Crippen molar-refractivity contribution >= 4 is 17.0 Å². The van der Waals surface area contributed by atoms with Crippen LogP contribution in [0, 0.1) is 0 Å². The fourth-order valence-corrected chi connectivity index (χ4v) is 2.95. The summed E-state index contributed by atoms with van der Waals surface area (Å²) in [5.74, 6) is -3.51. The van der Waals surface area contributed by atoms with E-state index in [-0.39, 0.29) is 18.8 Å². The first-order valence-corrected chi connectivity index (χ1v) is 9.54. The maximum atomic E-state index is 13.3. The number of hydrogen-bond acceptors (Lipinski definition) is 6. The topological polar surface area (TPSA) is 89.9 Å². The van der Waals surface area contributed by atoms with Gasteiger partial charge in [0.15, 0.2) is 0 Å². The minimum absolute atomic E-state index is 0.136. The van der Waals surface area contributed by atoms with Crippen LogP contribution in [0.4, 0.5) is 13.6 Å². The monoisotopic (exact) mass is 413 g/mol. The van der Waals surface area contributed by atoms with E-state index in [1.165, 1.54) is 6.20 Å². The van der Waals surface area contributed by atoms with E-state index in [9.17, 15) is 13.6 Å². The van der Waals surface area contributed by atoms with Crippen LogP contribution in [0.1, 0.15) is 44.6 Å². The molecule has 1 amide bonds. The zero-order valence-corrected chi connectivity index (χ0v) is 16.8. The van der Waals surface area contributed by atoms with Gasteiger partial charge < -0.3 is 10.1 Å². The zero-order valence-electron chi connectivity index (χ0n) is 16.8. The number of alkyl halides is 2. The smallest absolute Gasteiger partial charge is 0.407 e. The number of alkyl carbamates (subject to hydrolysis) is 1. The Bertz CT molecular complexity index is 1110. The molecule has 0 aromatic carbocycles.